The first-order valence-corrected chi connectivity index (χ1v) is 5.01. The van der Waals surface area contributed by atoms with Gasteiger partial charge in [-0.3, -0.25) is 4.79 Å². The Kier molecular flexibility index (Phi) is 3.95. The fraction of sp³-hybridized carbons (Fsp3) is 0.909. The van der Waals surface area contributed by atoms with Crippen molar-refractivity contribution in [3.05, 3.63) is 0 Å². The van der Waals surface area contributed by atoms with Gasteiger partial charge in [0.1, 0.15) is 0 Å². The molecule has 0 saturated carbocycles. The Morgan fingerprint density at radius 1 is 1.15 bits per heavy atom. The van der Waals surface area contributed by atoms with Gasteiger partial charge in [-0.15, -0.1) is 0 Å². The number of rotatable bonds is 3. The van der Waals surface area contributed by atoms with Crippen LogP contribution in [0.5, 0.6) is 0 Å². The normalized spacial score (nSPS) is 12.8. The highest BCUT2D eigenvalue weighted by Crippen LogP contribution is 2.37. The lowest BCUT2D eigenvalue weighted by Gasteiger charge is -2.37. The molecule has 0 saturated heterocycles. The number of carbonyl (C=O) groups is 1. The van der Waals surface area contributed by atoms with Crippen molar-refractivity contribution in [2.45, 2.75) is 48.0 Å². The Bertz CT molecular complexity index is 177. The van der Waals surface area contributed by atoms with Crippen molar-refractivity contribution in [2.24, 2.45) is 10.8 Å². The minimum absolute atomic E-state index is 0.00479. The Morgan fingerprint density at radius 3 is 1.92 bits per heavy atom. The molecule has 0 spiro atoms. The number of hydrogen-bond acceptors (Lipinski definition) is 1. The SMILES string of the molecule is CCCNC(=O)C(C)(C)C(C)(C)C. The van der Waals surface area contributed by atoms with Gasteiger partial charge in [0.05, 0.1) is 0 Å². The Labute approximate surface area is 82.1 Å². The second-order valence-electron chi connectivity index (χ2n) is 5.13. The molecule has 0 aliphatic carbocycles. The third kappa shape index (κ3) is 3.02. The van der Waals surface area contributed by atoms with Crippen LogP contribution in [0.4, 0.5) is 0 Å². The average molecular weight is 185 g/mol. The number of nitrogens with one attached hydrogen (secondary N) is 1. The van der Waals surface area contributed by atoms with Crippen LogP contribution in [0, 0.1) is 10.8 Å². The van der Waals surface area contributed by atoms with Crippen LogP contribution in [0.15, 0.2) is 0 Å². The van der Waals surface area contributed by atoms with Crippen molar-refractivity contribution in [3.8, 4) is 0 Å². The van der Waals surface area contributed by atoms with Crippen LogP contribution in [-0.2, 0) is 4.79 Å². The molecule has 0 rings (SSSR count). The lowest BCUT2D eigenvalue weighted by molar-refractivity contribution is -0.134. The summed E-state index contributed by atoms with van der Waals surface area (Å²) in [5, 5.41) is 2.94. The average Bonchev–Trinajstić information content (AvgIpc) is 1.97. The predicted molar refractivity (Wildman–Crippen MR) is 56.5 cm³/mol. The largest absolute Gasteiger partial charge is 0.356 e. The first kappa shape index (κ1) is 12.5. The Hall–Kier alpha value is -0.530. The maximum absolute atomic E-state index is 11.8. The first-order chi connectivity index (χ1) is 5.73. The summed E-state index contributed by atoms with van der Waals surface area (Å²) in [5.74, 6) is 0.154. The van der Waals surface area contributed by atoms with Crippen LogP contribution in [0.2, 0.25) is 0 Å². The van der Waals surface area contributed by atoms with E-state index >= 15 is 0 Å². The van der Waals surface area contributed by atoms with E-state index in [-0.39, 0.29) is 16.7 Å². The van der Waals surface area contributed by atoms with E-state index in [0.717, 1.165) is 13.0 Å². The van der Waals surface area contributed by atoms with Crippen LogP contribution < -0.4 is 5.32 Å². The second-order valence-corrected chi connectivity index (χ2v) is 5.13. The van der Waals surface area contributed by atoms with E-state index in [0.29, 0.717) is 0 Å². The third-order valence-electron chi connectivity index (χ3n) is 2.98. The minimum Gasteiger partial charge on any atom is -0.356 e. The summed E-state index contributed by atoms with van der Waals surface area (Å²) in [6, 6.07) is 0. The second kappa shape index (κ2) is 4.12. The van der Waals surface area contributed by atoms with E-state index in [9.17, 15) is 4.79 Å². The van der Waals surface area contributed by atoms with E-state index in [4.69, 9.17) is 0 Å². The zero-order chi connectivity index (χ0) is 10.7. The smallest absolute Gasteiger partial charge is 0.226 e. The van der Waals surface area contributed by atoms with Crippen molar-refractivity contribution >= 4 is 5.91 Å². The van der Waals surface area contributed by atoms with Gasteiger partial charge in [-0.05, 0) is 11.8 Å². The maximum atomic E-state index is 11.8. The molecule has 13 heavy (non-hydrogen) atoms. The quantitative estimate of drug-likeness (QED) is 0.719. The summed E-state index contributed by atoms with van der Waals surface area (Å²) < 4.78 is 0. The van der Waals surface area contributed by atoms with Gasteiger partial charge in [0.25, 0.3) is 0 Å². The summed E-state index contributed by atoms with van der Waals surface area (Å²) in [4.78, 5) is 11.8. The lowest BCUT2D eigenvalue weighted by atomic mass is 9.69. The number of carbonyl (C=O) groups excluding carboxylic acids is 1. The maximum Gasteiger partial charge on any atom is 0.226 e. The lowest BCUT2D eigenvalue weighted by Crippen LogP contribution is -2.45. The molecule has 0 aromatic rings. The monoisotopic (exact) mass is 185 g/mol. The molecule has 2 nitrogen and oxygen atoms in total. The molecule has 0 unspecified atom stereocenters. The van der Waals surface area contributed by atoms with Crippen LogP contribution in [-0.4, -0.2) is 12.5 Å². The molecule has 0 aromatic carbocycles. The molecule has 1 amide bonds. The topological polar surface area (TPSA) is 29.1 Å². The van der Waals surface area contributed by atoms with Crippen molar-refractivity contribution in [1.82, 2.24) is 5.32 Å². The highest BCUT2D eigenvalue weighted by molar-refractivity contribution is 5.82. The summed E-state index contributed by atoms with van der Waals surface area (Å²) in [7, 11) is 0. The van der Waals surface area contributed by atoms with E-state index < -0.39 is 0 Å². The molecule has 0 aromatic heterocycles. The van der Waals surface area contributed by atoms with Crippen molar-refractivity contribution in [2.75, 3.05) is 6.54 Å². The van der Waals surface area contributed by atoms with Crippen molar-refractivity contribution in [1.29, 1.82) is 0 Å². The number of hydrogen-bond donors (Lipinski definition) is 1. The minimum atomic E-state index is -0.303. The van der Waals surface area contributed by atoms with E-state index in [2.05, 4.69) is 33.0 Å². The van der Waals surface area contributed by atoms with Crippen molar-refractivity contribution in [3.63, 3.8) is 0 Å². The van der Waals surface area contributed by atoms with Gasteiger partial charge in [-0.2, -0.15) is 0 Å². The van der Waals surface area contributed by atoms with Gasteiger partial charge in [0.15, 0.2) is 0 Å². The van der Waals surface area contributed by atoms with E-state index in [1.807, 2.05) is 13.8 Å². The zero-order valence-electron chi connectivity index (χ0n) is 9.82. The molecule has 0 atom stereocenters. The molecule has 78 valence electrons. The molecule has 0 aliphatic heterocycles. The molecule has 0 aliphatic rings. The molecule has 1 N–H and O–H groups in total. The summed E-state index contributed by atoms with van der Waals surface area (Å²) in [6.45, 7) is 13.1. The standard InChI is InChI=1S/C11H23NO/c1-7-8-12-9(13)11(5,6)10(2,3)4/h7-8H2,1-6H3,(H,12,13). The van der Waals surface area contributed by atoms with Gasteiger partial charge in [0.2, 0.25) is 5.91 Å². The molecule has 2 heteroatoms. The molecule has 0 heterocycles. The molecule has 0 bridgehead atoms. The first-order valence-electron chi connectivity index (χ1n) is 5.01. The Morgan fingerprint density at radius 2 is 1.62 bits per heavy atom. The molecular weight excluding hydrogens is 162 g/mol. The summed E-state index contributed by atoms with van der Waals surface area (Å²) >= 11 is 0. The van der Waals surface area contributed by atoms with Gasteiger partial charge in [-0.25, -0.2) is 0 Å². The van der Waals surface area contributed by atoms with Gasteiger partial charge < -0.3 is 5.32 Å². The van der Waals surface area contributed by atoms with Crippen LogP contribution in [0.3, 0.4) is 0 Å². The van der Waals surface area contributed by atoms with Crippen LogP contribution in [0.1, 0.15) is 48.0 Å². The van der Waals surface area contributed by atoms with E-state index in [1.165, 1.54) is 0 Å². The molecule has 0 radical (unpaired) electrons. The zero-order valence-corrected chi connectivity index (χ0v) is 9.82. The van der Waals surface area contributed by atoms with Crippen LogP contribution in [0.25, 0.3) is 0 Å². The predicted octanol–water partition coefficient (Wildman–Crippen LogP) is 2.58. The van der Waals surface area contributed by atoms with Gasteiger partial charge >= 0.3 is 0 Å². The summed E-state index contributed by atoms with van der Waals surface area (Å²) in [6.07, 6.45) is 0.992. The van der Waals surface area contributed by atoms with Crippen molar-refractivity contribution < 1.29 is 4.79 Å². The summed E-state index contributed by atoms with van der Waals surface area (Å²) in [5.41, 5.74) is -0.299. The third-order valence-corrected chi connectivity index (χ3v) is 2.98. The van der Waals surface area contributed by atoms with Gasteiger partial charge in [0, 0.05) is 12.0 Å². The number of amides is 1. The van der Waals surface area contributed by atoms with Crippen LogP contribution >= 0.6 is 0 Å². The highest BCUT2D eigenvalue weighted by Gasteiger charge is 2.39. The Balaban J connectivity index is 4.37. The highest BCUT2D eigenvalue weighted by atomic mass is 16.2. The van der Waals surface area contributed by atoms with Gasteiger partial charge in [-0.1, -0.05) is 41.5 Å². The van der Waals surface area contributed by atoms with E-state index in [1.54, 1.807) is 0 Å². The fourth-order valence-corrected chi connectivity index (χ4v) is 0.800. The fourth-order valence-electron chi connectivity index (χ4n) is 0.800. The molecule has 0 fully saturated rings. The molecular formula is C11H23NO.